The van der Waals surface area contributed by atoms with Gasteiger partial charge in [-0.15, -0.1) is 12.4 Å². The predicted octanol–water partition coefficient (Wildman–Crippen LogP) is 6.05. The Hall–Kier alpha value is -2.48. The van der Waals surface area contributed by atoms with Crippen LogP contribution in [0.1, 0.15) is 160 Å². The molecule has 0 aliphatic heterocycles. The number of hydrogen-bond donors (Lipinski definition) is 7. The lowest BCUT2D eigenvalue weighted by Crippen LogP contribution is -2.63. The molecule has 14 heteroatoms. The Bertz CT molecular complexity index is 1550. The molecule has 0 spiro atoms. The van der Waals surface area contributed by atoms with E-state index in [1.54, 1.807) is 0 Å². The Balaban J connectivity index is 0.0000106. The highest BCUT2D eigenvalue weighted by Gasteiger charge is 2.65. The molecule has 8 N–H and O–H groups in total. The van der Waals surface area contributed by atoms with Crippen LogP contribution in [0.3, 0.4) is 0 Å². The number of rotatable bonds is 20. The third-order valence-corrected chi connectivity index (χ3v) is 16.0. The maximum Gasteiger partial charge on any atom is 0.305 e. The van der Waals surface area contributed by atoms with Crippen LogP contribution in [0.2, 0.25) is 0 Å². The third-order valence-electron chi connectivity index (χ3n) is 16.0. The van der Waals surface area contributed by atoms with E-state index in [0.29, 0.717) is 51.4 Å². The number of nitrogens with two attached hydrogens (primary N) is 1. The summed E-state index contributed by atoms with van der Waals surface area (Å²) in [5, 5.41) is 36.1. The Labute approximate surface area is 385 Å². The zero-order valence-electron chi connectivity index (χ0n) is 40.8. The number of amides is 4. The Morgan fingerprint density at radius 2 is 1.19 bits per heavy atom. The average Bonchev–Trinajstić information content (AvgIpc) is 3.54. The number of aliphatic hydroxyl groups is 2. The van der Waals surface area contributed by atoms with Crippen LogP contribution in [0.25, 0.3) is 0 Å². The van der Waals surface area contributed by atoms with E-state index >= 15 is 0 Å². The first-order valence-electron chi connectivity index (χ1n) is 24.3. The number of ether oxygens (including phenoxy) is 1. The molecular weight excluding hydrogens is 822 g/mol. The first-order chi connectivity index (χ1) is 28.9. The monoisotopic (exact) mass is 910 g/mol. The largest absolute Gasteiger partial charge is 0.469 e. The summed E-state index contributed by atoms with van der Waals surface area (Å²) >= 11 is 0. The van der Waals surface area contributed by atoms with E-state index in [2.05, 4.69) is 42.0 Å². The molecule has 0 bridgehead atoms. The Kier molecular flexibility index (Phi) is 20.3. The zero-order chi connectivity index (χ0) is 46.4. The van der Waals surface area contributed by atoms with Crippen LogP contribution in [-0.4, -0.2) is 89.3 Å². The van der Waals surface area contributed by atoms with Crippen molar-refractivity contribution in [3.63, 3.8) is 0 Å². The number of methoxy groups -OCH3 is 1. The molecule has 4 saturated carbocycles. The molecule has 63 heavy (non-hydrogen) atoms. The summed E-state index contributed by atoms with van der Waals surface area (Å²) in [5.41, 5.74) is 5.73. The summed E-state index contributed by atoms with van der Waals surface area (Å²) in [7, 11) is 1.42. The van der Waals surface area contributed by atoms with Crippen LogP contribution in [0.4, 0.5) is 0 Å². The van der Waals surface area contributed by atoms with Gasteiger partial charge in [-0.25, -0.2) is 0 Å². The number of carbonyl (C=O) groups is 5. The summed E-state index contributed by atoms with van der Waals surface area (Å²) in [5.74, 6) is -0.165. The lowest BCUT2D eigenvalue weighted by Gasteiger charge is -2.63. The Morgan fingerprint density at radius 3 is 1.70 bits per heavy atom. The lowest BCUT2D eigenvalue weighted by molar-refractivity contribution is -0.202. The van der Waals surface area contributed by atoms with Crippen LogP contribution in [0.5, 0.6) is 0 Å². The minimum atomic E-state index is -0.918. The van der Waals surface area contributed by atoms with Crippen molar-refractivity contribution in [2.75, 3.05) is 7.11 Å². The molecule has 4 amide bonds. The molecule has 4 unspecified atom stereocenters. The van der Waals surface area contributed by atoms with Crippen molar-refractivity contribution in [3.05, 3.63) is 0 Å². The van der Waals surface area contributed by atoms with E-state index in [4.69, 9.17) is 10.5 Å². The summed E-state index contributed by atoms with van der Waals surface area (Å²) in [6.07, 6.45) is 7.30. The molecule has 4 rings (SSSR count). The topological polar surface area (TPSA) is 209 Å². The van der Waals surface area contributed by atoms with Gasteiger partial charge in [0.15, 0.2) is 0 Å². The van der Waals surface area contributed by atoms with E-state index < -0.39 is 54.1 Å². The standard InChI is InChI=1S/C49H87N5O8.ClH/c1-26(2)19-36(50)44(58)52-38(21-28(5)6)46(60)54-39(22-29(7)8)47(61)53-37(20-27(3)4)45(59)51-32-17-18-48(10)31(23-32)24-40(55)43-34-15-14-33(30(9)13-16-42(57)62-12)49(34,11)41(56)25-35(43)48;/h26-41,43,55-56H,13-25,50H2,1-12H3,(H,51,59)(H,52,58)(H,53,61)(H,54,60);1H/t30?,31-,32-,33+,34?,35?,36-,37-,38-,39-,40+,41-,43?,48-,49+;/m0./s1. The van der Waals surface area contributed by atoms with Crippen LogP contribution < -0.4 is 27.0 Å². The molecule has 0 aromatic rings. The van der Waals surface area contributed by atoms with Gasteiger partial charge in [0.2, 0.25) is 23.6 Å². The van der Waals surface area contributed by atoms with Gasteiger partial charge < -0.3 is 42.0 Å². The quantitative estimate of drug-likeness (QED) is 0.0709. The molecule has 4 aliphatic carbocycles. The average molecular weight is 911 g/mol. The number of nitrogens with one attached hydrogen (secondary N) is 4. The smallest absolute Gasteiger partial charge is 0.305 e. The molecule has 4 aliphatic rings. The van der Waals surface area contributed by atoms with E-state index in [9.17, 15) is 34.2 Å². The SMILES string of the molecule is COC(=O)CCC(C)[C@H]1CCC2C3C(C[C@H](O)[C@@]21C)[C@@]1(C)CC[C@H](NC(=O)[C@H](CC(C)C)NC(=O)[C@H](CC(C)C)NC(=O)[C@H](CC(C)C)NC(=O)[C@@H](N)CC(C)C)C[C@H]1C[C@H]3O.Cl. The second-order valence-corrected chi connectivity index (χ2v) is 22.5. The van der Waals surface area contributed by atoms with Gasteiger partial charge >= 0.3 is 5.97 Å². The fourth-order valence-electron chi connectivity index (χ4n) is 12.8. The molecule has 0 aromatic heterocycles. The molecule has 0 heterocycles. The number of carbonyl (C=O) groups excluding carboxylic acids is 5. The number of aliphatic hydroxyl groups excluding tert-OH is 2. The number of esters is 1. The van der Waals surface area contributed by atoms with Gasteiger partial charge in [0, 0.05) is 12.5 Å². The highest BCUT2D eigenvalue weighted by molar-refractivity contribution is 5.94. The zero-order valence-corrected chi connectivity index (χ0v) is 41.7. The number of halogens is 1. The van der Waals surface area contributed by atoms with Crippen LogP contribution >= 0.6 is 12.4 Å². The number of fused-ring (bicyclic) bond motifs is 5. The van der Waals surface area contributed by atoms with Crippen LogP contribution in [0, 0.1) is 70.0 Å². The van der Waals surface area contributed by atoms with Gasteiger partial charge in [0.25, 0.3) is 0 Å². The van der Waals surface area contributed by atoms with Crippen LogP contribution in [0.15, 0.2) is 0 Å². The van der Waals surface area contributed by atoms with E-state index in [1.807, 2.05) is 55.4 Å². The first-order valence-corrected chi connectivity index (χ1v) is 24.3. The highest BCUT2D eigenvalue weighted by Crippen LogP contribution is 2.68. The fourth-order valence-corrected chi connectivity index (χ4v) is 12.8. The predicted molar refractivity (Wildman–Crippen MR) is 249 cm³/mol. The maximum atomic E-state index is 14.2. The van der Waals surface area contributed by atoms with Gasteiger partial charge in [0.1, 0.15) is 18.1 Å². The summed E-state index contributed by atoms with van der Waals surface area (Å²) in [6.45, 7) is 22.6. The second kappa shape index (κ2) is 23.3. The summed E-state index contributed by atoms with van der Waals surface area (Å²) in [6, 6.07) is -3.49. The van der Waals surface area contributed by atoms with Crippen LogP contribution in [-0.2, 0) is 28.7 Å². The molecule has 0 aromatic carbocycles. The normalized spacial score (nSPS) is 32.6. The van der Waals surface area contributed by atoms with E-state index in [-0.39, 0.29) is 100 Å². The van der Waals surface area contributed by atoms with Gasteiger partial charge in [-0.05, 0) is 147 Å². The number of hydrogen-bond acceptors (Lipinski definition) is 9. The van der Waals surface area contributed by atoms with Crippen molar-refractivity contribution in [1.82, 2.24) is 21.3 Å². The molecule has 0 radical (unpaired) electrons. The van der Waals surface area contributed by atoms with Crippen molar-refractivity contribution in [2.45, 2.75) is 202 Å². The minimum Gasteiger partial charge on any atom is -0.469 e. The van der Waals surface area contributed by atoms with Crippen molar-refractivity contribution in [1.29, 1.82) is 0 Å². The molecule has 15 atom stereocenters. The fraction of sp³-hybridized carbons (Fsp3) is 0.898. The van der Waals surface area contributed by atoms with E-state index in [1.165, 1.54) is 7.11 Å². The van der Waals surface area contributed by atoms with E-state index in [0.717, 1.165) is 32.1 Å². The molecule has 0 saturated heterocycles. The van der Waals surface area contributed by atoms with Crippen molar-refractivity contribution in [2.24, 2.45) is 75.7 Å². The summed E-state index contributed by atoms with van der Waals surface area (Å²) < 4.78 is 4.91. The molecule has 4 fully saturated rings. The second-order valence-electron chi connectivity index (χ2n) is 22.5. The van der Waals surface area contributed by atoms with Gasteiger partial charge in [-0.3, -0.25) is 24.0 Å². The third kappa shape index (κ3) is 13.3. The molecule has 13 nitrogen and oxygen atoms in total. The lowest BCUT2D eigenvalue weighted by atomic mass is 9.43. The van der Waals surface area contributed by atoms with Crippen molar-refractivity contribution >= 4 is 42.0 Å². The highest BCUT2D eigenvalue weighted by atomic mass is 35.5. The van der Waals surface area contributed by atoms with Gasteiger partial charge in [-0.1, -0.05) is 76.2 Å². The molecular formula is C49H88ClN5O8. The maximum absolute atomic E-state index is 14.2. The Morgan fingerprint density at radius 1 is 0.683 bits per heavy atom. The summed E-state index contributed by atoms with van der Waals surface area (Å²) in [4.78, 5) is 67.0. The first kappa shape index (κ1) is 54.9. The van der Waals surface area contributed by atoms with Gasteiger partial charge in [-0.2, -0.15) is 0 Å². The molecule has 364 valence electrons. The minimum absolute atomic E-state index is 0. The van der Waals surface area contributed by atoms with Gasteiger partial charge in [0.05, 0.1) is 25.4 Å². The van der Waals surface area contributed by atoms with Crippen molar-refractivity contribution < 1.29 is 38.9 Å². The van der Waals surface area contributed by atoms with Crippen molar-refractivity contribution in [3.8, 4) is 0 Å².